The van der Waals surface area contributed by atoms with Gasteiger partial charge in [-0.15, -0.1) is 0 Å². The summed E-state index contributed by atoms with van der Waals surface area (Å²) in [5, 5.41) is 1.25. The van der Waals surface area contributed by atoms with E-state index in [-0.39, 0.29) is 0 Å². The molecule has 0 aliphatic rings. The molecule has 21 heavy (non-hydrogen) atoms. The predicted octanol–water partition coefficient (Wildman–Crippen LogP) is 5.10. The van der Waals surface area contributed by atoms with E-state index in [1.807, 2.05) is 18.2 Å². The summed E-state index contributed by atoms with van der Waals surface area (Å²) in [5.74, 6) is 0. The highest BCUT2D eigenvalue weighted by Gasteiger charge is 2.10. The Hall–Kier alpha value is -2.80. The average molecular weight is 268 g/mol. The molecule has 0 bridgehead atoms. The van der Waals surface area contributed by atoms with Crippen LogP contribution >= 0.6 is 0 Å². The van der Waals surface area contributed by atoms with Gasteiger partial charge in [-0.2, -0.15) is 0 Å². The molecule has 0 saturated heterocycles. The van der Waals surface area contributed by atoms with Crippen LogP contribution in [0.2, 0.25) is 0 Å². The Bertz CT molecular complexity index is 800. The van der Waals surface area contributed by atoms with E-state index in [1.54, 1.807) is 0 Å². The Morgan fingerprint density at radius 1 is 0.714 bits per heavy atom. The van der Waals surface area contributed by atoms with Crippen molar-refractivity contribution in [3.8, 4) is 16.8 Å². The fraction of sp³-hybridized carbons (Fsp3) is 0. The van der Waals surface area contributed by atoms with E-state index in [0.29, 0.717) is 0 Å². The molecule has 0 aliphatic carbocycles. The van der Waals surface area contributed by atoms with Crippen molar-refractivity contribution < 1.29 is 0 Å². The summed E-state index contributed by atoms with van der Waals surface area (Å²) >= 11 is 0. The zero-order chi connectivity index (χ0) is 14.1. The lowest BCUT2D eigenvalue weighted by atomic mass is 10.1. The van der Waals surface area contributed by atoms with Gasteiger partial charge in [0.2, 0.25) is 0 Å². The lowest BCUT2D eigenvalue weighted by Gasteiger charge is -2.04. The molecule has 99 valence electrons. The summed E-state index contributed by atoms with van der Waals surface area (Å²) in [7, 11) is 0. The first-order valence-electron chi connectivity index (χ1n) is 7.06. The van der Waals surface area contributed by atoms with Crippen LogP contribution < -0.4 is 0 Å². The summed E-state index contributed by atoms with van der Waals surface area (Å²) in [6, 6.07) is 30.4. The van der Waals surface area contributed by atoms with Gasteiger partial charge in [-0.25, -0.2) is 0 Å². The van der Waals surface area contributed by atoms with Gasteiger partial charge in [-0.1, -0.05) is 60.7 Å². The highest BCUT2D eigenvalue weighted by molar-refractivity contribution is 5.96. The Morgan fingerprint density at radius 2 is 1.48 bits per heavy atom. The molecule has 1 nitrogen and oxygen atoms in total. The number of hydrogen-bond acceptors (Lipinski definition) is 0. The number of para-hydroxylation sites is 2. The third-order valence-corrected chi connectivity index (χ3v) is 3.75. The summed E-state index contributed by atoms with van der Waals surface area (Å²) in [5.41, 5.74) is 4.74. The van der Waals surface area contributed by atoms with Crippen LogP contribution in [0.3, 0.4) is 0 Å². The highest BCUT2D eigenvalue weighted by atomic mass is 15.0. The molecule has 1 heterocycles. The molecule has 1 heteroatoms. The molecule has 0 N–H and O–H groups in total. The van der Waals surface area contributed by atoms with Crippen LogP contribution in [0.4, 0.5) is 0 Å². The minimum absolute atomic E-state index is 1.13. The van der Waals surface area contributed by atoms with Crippen LogP contribution in [0.15, 0.2) is 85.1 Å². The van der Waals surface area contributed by atoms with Crippen LogP contribution in [-0.2, 0) is 0 Å². The van der Waals surface area contributed by atoms with Crippen molar-refractivity contribution in [2.45, 2.75) is 0 Å². The monoisotopic (exact) mass is 268 g/mol. The third kappa shape index (κ3) is 2.03. The van der Waals surface area contributed by atoms with Crippen molar-refractivity contribution in [1.29, 1.82) is 0 Å². The van der Waals surface area contributed by atoms with Crippen molar-refractivity contribution in [1.82, 2.24) is 4.57 Å². The zero-order valence-corrected chi connectivity index (χ0v) is 11.5. The Labute approximate surface area is 124 Å². The van der Waals surface area contributed by atoms with Crippen molar-refractivity contribution in [3.63, 3.8) is 0 Å². The summed E-state index contributed by atoms with van der Waals surface area (Å²) in [6.07, 6.45) is 2.20. The van der Waals surface area contributed by atoms with Crippen molar-refractivity contribution in [2.24, 2.45) is 0 Å². The quantitative estimate of drug-likeness (QED) is 0.477. The number of nitrogens with zero attached hydrogens (tertiary/aromatic N) is 1. The van der Waals surface area contributed by atoms with E-state index in [9.17, 15) is 0 Å². The van der Waals surface area contributed by atoms with E-state index in [4.69, 9.17) is 0 Å². The van der Waals surface area contributed by atoms with Crippen LogP contribution in [-0.4, -0.2) is 4.57 Å². The zero-order valence-electron chi connectivity index (χ0n) is 11.5. The van der Waals surface area contributed by atoms with Gasteiger partial charge >= 0.3 is 0 Å². The molecule has 0 amide bonds. The first-order valence-corrected chi connectivity index (χ1v) is 7.06. The van der Waals surface area contributed by atoms with E-state index < -0.39 is 0 Å². The van der Waals surface area contributed by atoms with Crippen LogP contribution in [0, 0.1) is 6.07 Å². The number of fused-ring (bicyclic) bond motifs is 1. The molecule has 0 atom stereocenters. The molecule has 0 unspecified atom stereocenters. The maximum atomic E-state index is 3.33. The van der Waals surface area contributed by atoms with Gasteiger partial charge in [0.25, 0.3) is 0 Å². The molecular weight excluding hydrogens is 254 g/mol. The molecular formula is C20H14N. The molecule has 4 rings (SSSR count). The van der Waals surface area contributed by atoms with Gasteiger partial charge in [0.15, 0.2) is 0 Å². The second kappa shape index (κ2) is 4.95. The third-order valence-electron chi connectivity index (χ3n) is 3.75. The van der Waals surface area contributed by atoms with Gasteiger partial charge in [0.1, 0.15) is 0 Å². The van der Waals surface area contributed by atoms with Crippen molar-refractivity contribution >= 4 is 10.9 Å². The molecule has 1 radical (unpaired) electrons. The second-order valence-electron chi connectivity index (χ2n) is 5.04. The average Bonchev–Trinajstić information content (AvgIpc) is 2.96. The lowest BCUT2D eigenvalue weighted by molar-refractivity contribution is 1.13. The molecule has 3 aromatic carbocycles. The molecule has 0 aliphatic heterocycles. The minimum atomic E-state index is 1.13. The Kier molecular flexibility index (Phi) is 2.82. The van der Waals surface area contributed by atoms with Gasteiger partial charge in [-0.05, 0) is 29.8 Å². The SMILES string of the molecule is [c]1ccccc1-c1cn(-c2ccccc2)c2ccccc12. The topological polar surface area (TPSA) is 4.93 Å². The summed E-state index contributed by atoms with van der Waals surface area (Å²) in [6.45, 7) is 0. The van der Waals surface area contributed by atoms with Gasteiger partial charge in [0, 0.05) is 22.8 Å². The standard InChI is InChI=1S/C20H14N/c1-3-9-16(10-4-1)19-15-21(17-11-5-2-6-12-17)20-14-8-7-13-18(19)20/h1-9,11-15H. The summed E-state index contributed by atoms with van der Waals surface area (Å²) < 4.78 is 2.24. The molecule has 0 spiro atoms. The molecule has 0 fully saturated rings. The van der Waals surface area contributed by atoms with Gasteiger partial charge in [-0.3, -0.25) is 0 Å². The molecule has 0 saturated carbocycles. The highest BCUT2D eigenvalue weighted by Crippen LogP contribution is 2.32. The molecule has 4 aromatic rings. The van der Waals surface area contributed by atoms with E-state index >= 15 is 0 Å². The second-order valence-corrected chi connectivity index (χ2v) is 5.04. The van der Waals surface area contributed by atoms with Gasteiger partial charge in [0.05, 0.1) is 5.52 Å². The van der Waals surface area contributed by atoms with Crippen molar-refractivity contribution in [3.05, 3.63) is 91.1 Å². The van der Waals surface area contributed by atoms with E-state index in [2.05, 4.69) is 77.5 Å². The van der Waals surface area contributed by atoms with Crippen LogP contribution in [0.5, 0.6) is 0 Å². The van der Waals surface area contributed by atoms with E-state index in [1.165, 1.54) is 22.2 Å². The van der Waals surface area contributed by atoms with Gasteiger partial charge < -0.3 is 4.57 Å². The number of rotatable bonds is 2. The minimum Gasteiger partial charge on any atom is -0.316 e. The number of hydrogen-bond donors (Lipinski definition) is 0. The Morgan fingerprint density at radius 3 is 2.29 bits per heavy atom. The number of benzene rings is 3. The lowest BCUT2D eigenvalue weighted by Crippen LogP contribution is -1.90. The van der Waals surface area contributed by atoms with Crippen LogP contribution in [0.25, 0.3) is 27.7 Å². The normalized spacial score (nSPS) is 10.9. The summed E-state index contributed by atoms with van der Waals surface area (Å²) in [4.78, 5) is 0. The fourth-order valence-electron chi connectivity index (χ4n) is 2.76. The number of aromatic nitrogens is 1. The Balaban J connectivity index is 2.02. The maximum Gasteiger partial charge on any atom is 0.0534 e. The van der Waals surface area contributed by atoms with E-state index in [0.717, 1.165) is 5.56 Å². The van der Waals surface area contributed by atoms with Crippen molar-refractivity contribution in [2.75, 3.05) is 0 Å². The maximum absolute atomic E-state index is 3.33. The first kappa shape index (κ1) is 12.0. The smallest absolute Gasteiger partial charge is 0.0534 e. The van der Waals surface area contributed by atoms with Crippen LogP contribution in [0.1, 0.15) is 0 Å². The predicted molar refractivity (Wildman–Crippen MR) is 87.5 cm³/mol. The molecule has 1 aromatic heterocycles. The fourth-order valence-corrected chi connectivity index (χ4v) is 2.76. The first-order chi connectivity index (χ1) is 10.4. The largest absolute Gasteiger partial charge is 0.316 e.